The molecule has 9 heteroatoms. The smallest absolute Gasteiger partial charge is 0.317 e. The summed E-state index contributed by atoms with van der Waals surface area (Å²) in [6, 6.07) is 6.04. The zero-order valence-electron chi connectivity index (χ0n) is 18.1. The zero-order chi connectivity index (χ0) is 21.8. The normalized spacial score (nSPS) is 15.8. The fourth-order valence-electron chi connectivity index (χ4n) is 4.53. The molecule has 4 aromatic rings. The van der Waals surface area contributed by atoms with E-state index in [0.717, 1.165) is 45.8 Å². The summed E-state index contributed by atoms with van der Waals surface area (Å²) >= 11 is 0. The van der Waals surface area contributed by atoms with Gasteiger partial charge in [-0.1, -0.05) is 12.1 Å². The largest absolute Gasteiger partial charge is 0.341 e. The molecule has 1 aromatic carbocycles. The van der Waals surface area contributed by atoms with Crippen molar-refractivity contribution in [1.29, 1.82) is 0 Å². The second-order valence-corrected chi connectivity index (χ2v) is 8.50. The maximum atomic E-state index is 12.3. The molecular formula is C23H24N8O. The Kier molecular flexibility index (Phi) is 4.24. The molecule has 6 rings (SSSR count). The van der Waals surface area contributed by atoms with Gasteiger partial charge in [0.2, 0.25) is 0 Å². The molecule has 0 saturated heterocycles. The third-order valence-electron chi connectivity index (χ3n) is 6.32. The van der Waals surface area contributed by atoms with Crippen LogP contribution in [0.4, 0.5) is 4.79 Å². The standard InChI is InChI=1S/C23H24N8O/c1-24-23(32)30-8-9-31-19(13-30)20(28-22(31)14-6-7-14)16-4-3-5-18-17(16)11-25-21(27-18)15-10-26-29(2)12-15/h3-5,10-12,14H,6-9,13H2,1-2H3,(H,24,32). The first kappa shape index (κ1) is 19.0. The highest BCUT2D eigenvalue weighted by Gasteiger charge is 2.34. The minimum atomic E-state index is -0.0567. The number of amides is 2. The van der Waals surface area contributed by atoms with E-state index < -0.39 is 0 Å². The van der Waals surface area contributed by atoms with E-state index in [-0.39, 0.29) is 6.03 Å². The van der Waals surface area contributed by atoms with E-state index in [0.29, 0.717) is 24.8 Å². The Morgan fingerprint density at radius 3 is 2.78 bits per heavy atom. The Morgan fingerprint density at radius 1 is 1.16 bits per heavy atom. The van der Waals surface area contributed by atoms with Crippen LogP contribution in [-0.4, -0.2) is 53.8 Å². The van der Waals surface area contributed by atoms with Crippen LogP contribution in [0.5, 0.6) is 0 Å². The van der Waals surface area contributed by atoms with Crippen LogP contribution in [0.3, 0.4) is 0 Å². The average Bonchev–Trinajstić information content (AvgIpc) is 3.47. The van der Waals surface area contributed by atoms with Gasteiger partial charge < -0.3 is 14.8 Å². The predicted molar refractivity (Wildman–Crippen MR) is 120 cm³/mol. The van der Waals surface area contributed by atoms with Crippen LogP contribution in [0.1, 0.15) is 30.3 Å². The number of imidazole rings is 1. The number of benzene rings is 1. The number of hydrogen-bond donors (Lipinski definition) is 1. The van der Waals surface area contributed by atoms with Crippen molar-refractivity contribution >= 4 is 16.9 Å². The fourth-order valence-corrected chi connectivity index (χ4v) is 4.53. The second kappa shape index (κ2) is 7.15. The van der Waals surface area contributed by atoms with Crippen LogP contribution < -0.4 is 5.32 Å². The van der Waals surface area contributed by atoms with E-state index in [1.54, 1.807) is 17.9 Å². The van der Waals surface area contributed by atoms with Crippen molar-refractivity contribution in [3.8, 4) is 22.6 Å². The molecule has 2 amide bonds. The molecule has 0 bridgehead atoms. The Morgan fingerprint density at radius 2 is 2.03 bits per heavy atom. The van der Waals surface area contributed by atoms with Crippen molar-refractivity contribution in [3.63, 3.8) is 0 Å². The van der Waals surface area contributed by atoms with Gasteiger partial charge in [-0.05, 0) is 18.9 Å². The third-order valence-corrected chi connectivity index (χ3v) is 6.32. The Bertz CT molecular complexity index is 1350. The number of urea groups is 1. The maximum absolute atomic E-state index is 12.3. The minimum Gasteiger partial charge on any atom is -0.341 e. The first-order valence-electron chi connectivity index (χ1n) is 10.9. The van der Waals surface area contributed by atoms with Gasteiger partial charge in [0.05, 0.1) is 35.2 Å². The zero-order valence-corrected chi connectivity index (χ0v) is 18.1. The van der Waals surface area contributed by atoms with Crippen molar-refractivity contribution in [3.05, 3.63) is 48.3 Å². The summed E-state index contributed by atoms with van der Waals surface area (Å²) in [7, 11) is 3.55. The fraction of sp³-hybridized carbons (Fsp3) is 0.348. The second-order valence-electron chi connectivity index (χ2n) is 8.50. The van der Waals surface area contributed by atoms with E-state index in [1.165, 1.54) is 12.8 Å². The number of carbonyl (C=O) groups excluding carboxylic acids is 1. The summed E-state index contributed by atoms with van der Waals surface area (Å²) in [5, 5.41) is 7.94. The van der Waals surface area contributed by atoms with Gasteiger partial charge in [-0.15, -0.1) is 0 Å². The van der Waals surface area contributed by atoms with Gasteiger partial charge in [0.25, 0.3) is 0 Å². The van der Waals surface area contributed by atoms with Crippen molar-refractivity contribution in [1.82, 2.24) is 39.5 Å². The Balaban J connectivity index is 1.48. The summed E-state index contributed by atoms with van der Waals surface area (Å²) < 4.78 is 4.07. The molecule has 0 atom stereocenters. The molecule has 1 fully saturated rings. The minimum absolute atomic E-state index is 0.0567. The van der Waals surface area contributed by atoms with Gasteiger partial charge in [0.15, 0.2) is 5.82 Å². The number of aromatic nitrogens is 6. The summed E-state index contributed by atoms with van der Waals surface area (Å²) in [4.78, 5) is 28.7. The summed E-state index contributed by atoms with van der Waals surface area (Å²) in [5.41, 5.74) is 4.78. The molecule has 0 unspecified atom stereocenters. The molecule has 1 saturated carbocycles. The van der Waals surface area contributed by atoms with Gasteiger partial charge in [0, 0.05) is 56.4 Å². The predicted octanol–water partition coefficient (Wildman–Crippen LogP) is 2.93. The van der Waals surface area contributed by atoms with E-state index in [1.807, 2.05) is 36.5 Å². The highest BCUT2D eigenvalue weighted by atomic mass is 16.2. The summed E-state index contributed by atoms with van der Waals surface area (Å²) in [6.07, 6.45) is 7.92. The number of nitrogens with one attached hydrogen (secondary N) is 1. The number of nitrogens with zero attached hydrogens (tertiary/aromatic N) is 7. The molecule has 162 valence electrons. The van der Waals surface area contributed by atoms with Crippen molar-refractivity contribution < 1.29 is 4.79 Å². The van der Waals surface area contributed by atoms with Gasteiger partial charge >= 0.3 is 6.03 Å². The number of aryl methyl sites for hydroxylation is 1. The lowest BCUT2D eigenvalue weighted by molar-refractivity contribution is 0.185. The van der Waals surface area contributed by atoms with Crippen LogP contribution in [0.2, 0.25) is 0 Å². The Labute approximate surface area is 185 Å². The SMILES string of the molecule is CNC(=O)N1CCn2c(C3CC3)nc(-c3cccc4nc(-c5cnn(C)c5)ncc34)c2C1. The number of carbonyl (C=O) groups is 1. The summed E-state index contributed by atoms with van der Waals surface area (Å²) in [5.74, 6) is 2.33. The number of hydrogen-bond acceptors (Lipinski definition) is 5. The maximum Gasteiger partial charge on any atom is 0.317 e. The van der Waals surface area contributed by atoms with E-state index in [4.69, 9.17) is 9.97 Å². The lowest BCUT2D eigenvalue weighted by atomic mass is 10.0. The van der Waals surface area contributed by atoms with Gasteiger partial charge in [-0.25, -0.2) is 19.7 Å². The molecular weight excluding hydrogens is 404 g/mol. The van der Waals surface area contributed by atoms with Crippen molar-refractivity contribution in [2.75, 3.05) is 13.6 Å². The highest BCUT2D eigenvalue weighted by molar-refractivity contribution is 5.94. The highest BCUT2D eigenvalue weighted by Crippen LogP contribution is 2.43. The average molecular weight is 429 g/mol. The van der Waals surface area contributed by atoms with Crippen LogP contribution in [-0.2, 0) is 20.1 Å². The Hall–Kier alpha value is -3.75. The molecule has 3 aromatic heterocycles. The van der Waals surface area contributed by atoms with Crippen molar-refractivity contribution in [2.24, 2.45) is 7.05 Å². The quantitative estimate of drug-likeness (QED) is 0.542. The molecule has 1 aliphatic heterocycles. The lowest BCUT2D eigenvalue weighted by Crippen LogP contribution is -2.43. The van der Waals surface area contributed by atoms with Gasteiger partial charge in [-0.3, -0.25) is 4.68 Å². The van der Waals surface area contributed by atoms with Gasteiger partial charge in [-0.2, -0.15) is 5.10 Å². The molecule has 1 N–H and O–H groups in total. The molecule has 1 aliphatic carbocycles. The van der Waals surface area contributed by atoms with E-state index in [2.05, 4.69) is 26.0 Å². The topological polar surface area (TPSA) is 93.8 Å². The monoisotopic (exact) mass is 428 g/mol. The molecule has 4 heterocycles. The summed E-state index contributed by atoms with van der Waals surface area (Å²) in [6.45, 7) is 2.00. The van der Waals surface area contributed by atoms with Gasteiger partial charge in [0.1, 0.15) is 5.82 Å². The third kappa shape index (κ3) is 3.04. The van der Waals surface area contributed by atoms with Crippen LogP contribution in [0.25, 0.3) is 33.5 Å². The molecule has 2 aliphatic rings. The number of rotatable bonds is 3. The molecule has 9 nitrogen and oxygen atoms in total. The van der Waals surface area contributed by atoms with Crippen molar-refractivity contribution in [2.45, 2.75) is 31.8 Å². The van der Waals surface area contributed by atoms with Crippen LogP contribution in [0, 0.1) is 0 Å². The van der Waals surface area contributed by atoms with Crippen LogP contribution in [0.15, 0.2) is 36.8 Å². The molecule has 0 radical (unpaired) electrons. The van der Waals surface area contributed by atoms with E-state index in [9.17, 15) is 4.79 Å². The van der Waals surface area contributed by atoms with E-state index >= 15 is 0 Å². The first-order chi connectivity index (χ1) is 15.6. The molecule has 0 spiro atoms. The molecule has 32 heavy (non-hydrogen) atoms. The number of fused-ring (bicyclic) bond motifs is 2. The first-order valence-corrected chi connectivity index (χ1v) is 10.9. The lowest BCUT2D eigenvalue weighted by Gasteiger charge is -2.29. The van der Waals surface area contributed by atoms with Crippen LogP contribution >= 0.6 is 0 Å².